The summed E-state index contributed by atoms with van der Waals surface area (Å²) in [6, 6.07) is 9.59. The number of rotatable bonds is 1. The van der Waals surface area contributed by atoms with Crippen molar-refractivity contribution < 1.29 is 0 Å². The molecule has 14 heavy (non-hydrogen) atoms. The van der Waals surface area contributed by atoms with E-state index in [0.717, 1.165) is 10.9 Å². The minimum Gasteiger partial charge on any atom is -0.384 e. The molecule has 0 aliphatic rings. The van der Waals surface area contributed by atoms with Crippen LogP contribution in [0, 0.1) is 10.0 Å². The third-order valence-electron chi connectivity index (χ3n) is 2.04. The molecule has 0 aliphatic carbocycles. The topological polar surface area (TPSA) is 65.7 Å². The van der Waals surface area contributed by atoms with E-state index < -0.39 is 0 Å². The highest BCUT2D eigenvalue weighted by Crippen LogP contribution is 2.13. The van der Waals surface area contributed by atoms with E-state index in [0.29, 0.717) is 10.2 Å². The fourth-order valence-electron chi connectivity index (χ4n) is 1.35. The van der Waals surface area contributed by atoms with Gasteiger partial charge in [-0.1, -0.05) is 30.4 Å². The summed E-state index contributed by atoms with van der Waals surface area (Å²) in [6.45, 7) is 0. The summed E-state index contributed by atoms with van der Waals surface area (Å²) in [5, 5.41) is 8.35. The van der Waals surface area contributed by atoms with Crippen LogP contribution >= 0.6 is 12.2 Å². The predicted octanol–water partition coefficient (Wildman–Crippen LogP) is 2.18. The molecule has 3 nitrogen and oxygen atoms in total. The van der Waals surface area contributed by atoms with Crippen LogP contribution in [0.25, 0.3) is 10.9 Å². The highest BCUT2D eigenvalue weighted by Gasteiger charge is 2.01. The zero-order chi connectivity index (χ0) is 10.1. The number of nitrogens with one attached hydrogen (secondary N) is 2. The van der Waals surface area contributed by atoms with Crippen molar-refractivity contribution in [1.29, 1.82) is 5.41 Å². The molecule has 0 saturated carbocycles. The Bertz CT molecular complexity index is 557. The fraction of sp³-hybridized carbons (Fsp3) is 0. The van der Waals surface area contributed by atoms with E-state index in [1.807, 2.05) is 30.3 Å². The first-order valence-corrected chi connectivity index (χ1v) is 4.56. The van der Waals surface area contributed by atoms with Crippen LogP contribution in [-0.2, 0) is 0 Å². The van der Waals surface area contributed by atoms with Crippen molar-refractivity contribution in [3.63, 3.8) is 0 Å². The summed E-state index contributed by atoms with van der Waals surface area (Å²) in [5.74, 6) is -0.00277. The molecule has 0 bridgehead atoms. The van der Waals surface area contributed by atoms with E-state index in [9.17, 15) is 0 Å². The number of fused-ring (bicyclic) bond motifs is 1. The summed E-state index contributed by atoms with van der Waals surface area (Å²) in [7, 11) is 0. The second kappa shape index (κ2) is 3.23. The lowest BCUT2D eigenvalue weighted by Crippen LogP contribution is -2.12. The first-order chi connectivity index (χ1) is 6.68. The van der Waals surface area contributed by atoms with Gasteiger partial charge in [0.05, 0.1) is 5.56 Å². The number of nitrogens with two attached hydrogens (primary N) is 1. The number of pyridine rings is 1. The molecule has 4 heteroatoms. The van der Waals surface area contributed by atoms with Crippen molar-refractivity contribution in [3.8, 4) is 0 Å². The molecule has 0 amide bonds. The molecule has 1 heterocycles. The normalized spacial score (nSPS) is 10.3. The second-order valence-electron chi connectivity index (χ2n) is 3.01. The minimum atomic E-state index is -0.00277. The van der Waals surface area contributed by atoms with E-state index in [1.165, 1.54) is 0 Å². The Balaban J connectivity index is 2.84. The van der Waals surface area contributed by atoms with Gasteiger partial charge >= 0.3 is 0 Å². The van der Waals surface area contributed by atoms with Crippen LogP contribution in [0.5, 0.6) is 0 Å². The predicted molar refractivity (Wildman–Crippen MR) is 60.1 cm³/mol. The van der Waals surface area contributed by atoms with Crippen LogP contribution in [0.1, 0.15) is 5.56 Å². The van der Waals surface area contributed by atoms with Crippen LogP contribution in [0.4, 0.5) is 0 Å². The van der Waals surface area contributed by atoms with Gasteiger partial charge in [0.25, 0.3) is 0 Å². The first-order valence-electron chi connectivity index (χ1n) is 4.15. The van der Waals surface area contributed by atoms with Gasteiger partial charge in [-0.3, -0.25) is 5.41 Å². The van der Waals surface area contributed by atoms with Crippen molar-refractivity contribution in [1.82, 2.24) is 4.98 Å². The molecule has 1 aromatic heterocycles. The first kappa shape index (κ1) is 8.90. The van der Waals surface area contributed by atoms with Crippen molar-refractivity contribution in [2.45, 2.75) is 0 Å². The van der Waals surface area contributed by atoms with E-state index in [4.69, 9.17) is 23.4 Å². The molecule has 0 aliphatic heterocycles. The van der Waals surface area contributed by atoms with Crippen LogP contribution < -0.4 is 5.73 Å². The second-order valence-corrected chi connectivity index (χ2v) is 3.42. The smallest absolute Gasteiger partial charge is 0.125 e. The molecule has 0 unspecified atom stereocenters. The molecular formula is C10H9N3S. The molecular weight excluding hydrogens is 194 g/mol. The van der Waals surface area contributed by atoms with Crippen molar-refractivity contribution in [2.24, 2.45) is 5.73 Å². The van der Waals surface area contributed by atoms with Gasteiger partial charge in [0.1, 0.15) is 10.5 Å². The Kier molecular flexibility index (Phi) is 2.05. The van der Waals surface area contributed by atoms with Crippen LogP contribution in [0.2, 0.25) is 0 Å². The SMILES string of the molecule is N=C(N)c1cc2ccccc2[nH]c1=S. The summed E-state index contributed by atoms with van der Waals surface area (Å²) in [4.78, 5) is 3.03. The van der Waals surface area contributed by atoms with E-state index in [2.05, 4.69) is 4.98 Å². The highest BCUT2D eigenvalue weighted by atomic mass is 32.1. The molecule has 0 spiro atoms. The quantitative estimate of drug-likeness (QED) is 0.378. The lowest BCUT2D eigenvalue weighted by Gasteiger charge is -2.02. The molecule has 2 rings (SSSR count). The third-order valence-corrected chi connectivity index (χ3v) is 2.37. The van der Waals surface area contributed by atoms with Gasteiger partial charge in [-0.2, -0.15) is 0 Å². The zero-order valence-corrected chi connectivity index (χ0v) is 8.19. The number of hydrogen-bond acceptors (Lipinski definition) is 2. The molecule has 0 atom stereocenters. The summed E-state index contributed by atoms with van der Waals surface area (Å²) >= 11 is 5.08. The van der Waals surface area contributed by atoms with Crippen LogP contribution in [0.15, 0.2) is 30.3 Å². The van der Waals surface area contributed by atoms with E-state index in [-0.39, 0.29) is 5.84 Å². The fourth-order valence-corrected chi connectivity index (χ4v) is 1.63. The van der Waals surface area contributed by atoms with Gasteiger partial charge in [-0.15, -0.1) is 0 Å². The molecule has 2 aromatic rings. The number of aromatic nitrogens is 1. The molecule has 4 N–H and O–H groups in total. The molecule has 1 aromatic carbocycles. The molecule has 0 fully saturated rings. The molecule has 70 valence electrons. The van der Waals surface area contributed by atoms with Gasteiger partial charge in [0.15, 0.2) is 0 Å². The van der Waals surface area contributed by atoms with Gasteiger partial charge in [0.2, 0.25) is 0 Å². The Morgan fingerprint density at radius 3 is 2.79 bits per heavy atom. The van der Waals surface area contributed by atoms with Gasteiger partial charge in [-0.05, 0) is 17.5 Å². The standard InChI is InChI=1S/C10H9N3S/c11-9(12)7-5-6-3-1-2-4-8(6)13-10(7)14/h1-5H,(H3,11,12)(H,13,14). The Hall–Kier alpha value is -1.68. The number of para-hydroxylation sites is 1. The third kappa shape index (κ3) is 1.40. The Morgan fingerprint density at radius 1 is 1.36 bits per heavy atom. The van der Waals surface area contributed by atoms with E-state index >= 15 is 0 Å². The van der Waals surface area contributed by atoms with Gasteiger partial charge in [-0.25, -0.2) is 0 Å². The average Bonchev–Trinajstić information content (AvgIpc) is 2.16. The van der Waals surface area contributed by atoms with Crippen molar-refractivity contribution in [2.75, 3.05) is 0 Å². The molecule has 0 radical (unpaired) electrons. The Morgan fingerprint density at radius 2 is 2.07 bits per heavy atom. The van der Waals surface area contributed by atoms with Crippen LogP contribution in [-0.4, -0.2) is 10.8 Å². The number of aromatic amines is 1. The highest BCUT2D eigenvalue weighted by molar-refractivity contribution is 7.71. The average molecular weight is 203 g/mol. The maximum Gasteiger partial charge on any atom is 0.125 e. The Labute approximate surface area is 86.1 Å². The minimum absolute atomic E-state index is 0.00277. The van der Waals surface area contributed by atoms with Crippen LogP contribution in [0.3, 0.4) is 0 Å². The number of hydrogen-bond donors (Lipinski definition) is 3. The zero-order valence-electron chi connectivity index (χ0n) is 7.37. The molecule has 0 saturated heterocycles. The summed E-state index contributed by atoms with van der Waals surface area (Å²) in [5.41, 5.74) is 6.95. The monoisotopic (exact) mass is 203 g/mol. The van der Waals surface area contributed by atoms with E-state index in [1.54, 1.807) is 0 Å². The van der Waals surface area contributed by atoms with Gasteiger partial charge in [0, 0.05) is 5.52 Å². The van der Waals surface area contributed by atoms with Gasteiger partial charge < -0.3 is 10.7 Å². The maximum atomic E-state index is 7.34. The number of amidine groups is 1. The number of H-pyrrole nitrogens is 1. The van der Waals surface area contributed by atoms with Crippen molar-refractivity contribution >= 4 is 29.0 Å². The largest absolute Gasteiger partial charge is 0.384 e. The lowest BCUT2D eigenvalue weighted by molar-refractivity contribution is 1.33. The maximum absolute atomic E-state index is 7.34. The number of benzene rings is 1. The lowest BCUT2D eigenvalue weighted by atomic mass is 10.1. The summed E-state index contributed by atoms with van der Waals surface area (Å²) < 4.78 is 0.510. The summed E-state index contributed by atoms with van der Waals surface area (Å²) in [6.07, 6.45) is 0. The van der Waals surface area contributed by atoms with Crippen molar-refractivity contribution in [3.05, 3.63) is 40.5 Å². The number of nitrogen functional groups attached to an aromatic ring is 1.